The standard InChI is InChI=1S/C16H21NOS/c1-3-16(18)13-7-9-14(10-8-13)17(4-2)12-15-6-5-11-19-15/h5-11,16,18H,3-4,12H2,1-2H3/t16-/m1/s1. The molecule has 1 N–H and O–H groups in total. The van der Waals surface area contributed by atoms with Crippen molar-refractivity contribution in [3.05, 3.63) is 52.2 Å². The number of aliphatic hydroxyl groups excluding tert-OH is 1. The molecular formula is C16H21NOS. The Balaban J connectivity index is 2.10. The van der Waals surface area contributed by atoms with Crippen LogP contribution in [0.4, 0.5) is 5.69 Å². The van der Waals surface area contributed by atoms with Crippen LogP contribution in [-0.4, -0.2) is 11.7 Å². The zero-order chi connectivity index (χ0) is 13.7. The summed E-state index contributed by atoms with van der Waals surface area (Å²) in [5, 5.41) is 11.9. The van der Waals surface area contributed by atoms with E-state index in [-0.39, 0.29) is 6.10 Å². The lowest BCUT2D eigenvalue weighted by Gasteiger charge is -2.23. The second kappa shape index (κ2) is 6.73. The predicted octanol–water partition coefficient (Wildman–Crippen LogP) is 4.22. The molecule has 0 saturated carbocycles. The monoisotopic (exact) mass is 275 g/mol. The van der Waals surface area contributed by atoms with E-state index in [9.17, 15) is 5.11 Å². The van der Waals surface area contributed by atoms with Gasteiger partial charge in [0.05, 0.1) is 12.6 Å². The third kappa shape index (κ3) is 3.58. The Bertz CT molecular complexity index is 478. The van der Waals surface area contributed by atoms with Crippen molar-refractivity contribution in [2.75, 3.05) is 11.4 Å². The summed E-state index contributed by atoms with van der Waals surface area (Å²) >= 11 is 1.79. The first-order valence-corrected chi connectivity index (χ1v) is 7.68. The van der Waals surface area contributed by atoms with Crippen molar-refractivity contribution in [3.8, 4) is 0 Å². The summed E-state index contributed by atoms with van der Waals surface area (Å²) in [6.07, 6.45) is 0.410. The molecule has 2 nitrogen and oxygen atoms in total. The maximum Gasteiger partial charge on any atom is 0.0787 e. The van der Waals surface area contributed by atoms with E-state index in [2.05, 4.69) is 41.5 Å². The SMILES string of the molecule is CC[C@@H](O)c1ccc(N(CC)Cc2cccs2)cc1. The summed E-state index contributed by atoms with van der Waals surface area (Å²) in [5.41, 5.74) is 2.21. The van der Waals surface area contributed by atoms with Crippen LogP contribution in [0.5, 0.6) is 0 Å². The number of anilines is 1. The number of hydrogen-bond donors (Lipinski definition) is 1. The molecule has 1 atom stereocenters. The highest BCUT2D eigenvalue weighted by atomic mass is 32.1. The van der Waals surface area contributed by atoms with Gasteiger partial charge in [-0.3, -0.25) is 0 Å². The number of hydrogen-bond acceptors (Lipinski definition) is 3. The Kier molecular flexibility index (Phi) is 5.00. The quantitative estimate of drug-likeness (QED) is 0.853. The third-order valence-electron chi connectivity index (χ3n) is 3.34. The van der Waals surface area contributed by atoms with Gasteiger partial charge in [-0.1, -0.05) is 25.1 Å². The highest BCUT2D eigenvalue weighted by Gasteiger charge is 2.08. The van der Waals surface area contributed by atoms with Crippen molar-refractivity contribution in [2.24, 2.45) is 0 Å². The Hall–Kier alpha value is -1.32. The molecule has 0 aliphatic carbocycles. The van der Waals surface area contributed by atoms with Gasteiger partial charge in [-0.2, -0.15) is 0 Å². The average molecular weight is 275 g/mol. The molecule has 0 aliphatic heterocycles. The van der Waals surface area contributed by atoms with E-state index in [1.54, 1.807) is 11.3 Å². The van der Waals surface area contributed by atoms with Crippen molar-refractivity contribution in [2.45, 2.75) is 32.9 Å². The summed E-state index contributed by atoms with van der Waals surface area (Å²) in [6.45, 7) is 6.09. The van der Waals surface area contributed by atoms with Crippen LogP contribution in [0.1, 0.15) is 36.8 Å². The molecule has 1 aromatic heterocycles. The molecule has 0 bridgehead atoms. The molecule has 102 valence electrons. The van der Waals surface area contributed by atoms with Gasteiger partial charge in [0.2, 0.25) is 0 Å². The van der Waals surface area contributed by atoms with Gasteiger partial charge in [-0.25, -0.2) is 0 Å². The minimum absolute atomic E-state index is 0.346. The molecular weight excluding hydrogens is 254 g/mol. The molecule has 0 spiro atoms. The number of benzene rings is 1. The molecule has 2 aromatic rings. The van der Waals surface area contributed by atoms with Crippen LogP contribution in [0.2, 0.25) is 0 Å². The van der Waals surface area contributed by atoms with Crippen molar-refractivity contribution in [1.29, 1.82) is 0 Å². The van der Waals surface area contributed by atoms with E-state index < -0.39 is 0 Å². The molecule has 19 heavy (non-hydrogen) atoms. The van der Waals surface area contributed by atoms with E-state index in [4.69, 9.17) is 0 Å². The van der Waals surface area contributed by atoms with Crippen LogP contribution in [0, 0.1) is 0 Å². The lowest BCUT2D eigenvalue weighted by Crippen LogP contribution is -2.21. The number of nitrogens with zero attached hydrogens (tertiary/aromatic N) is 1. The largest absolute Gasteiger partial charge is 0.388 e. The molecule has 0 saturated heterocycles. The summed E-state index contributed by atoms with van der Waals surface area (Å²) in [6, 6.07) is 12.5. The zero-order valence-corrected chi connectivity index (χ0v) is 12.4. The van der Waals surface area contributed by atoms with E-state index in [1.807, 2.05) is 19.1 Å². The molecule has 1 heterocycles. The van der Waals surface area contributed by atoms with Crippen LogP contribution in [0.15, 0.2) is 41.8 Å². The van der Waals surface area contributed by atoms with Crippen LogP contribution < -0.4 is 4.90 Å². The Labute approximate surface area is 119 Å². The van der Waals surface area contributed by atoms with E-state index in [0.717, 1.165) is 25.1 Å². The molecule has 0 aliphatic rings. The molecule has 3 heteroatoms. The van der Waals surface area contributed by atoms with Gasteiger partial charge in [0, 0.05) is 17.1 Å². The smallest absolute Gasteiger partial charge is 0.0787 e. The Morgan fingerprint density at radius 1 is 1.16 bits per heavy atom. The van der Waals surface area contributed by atoms with Crippen LogP contribution in [0.3, 0.4) is 0 Å². The van der Waals surface area contributed by atoms with Crippen LogP contribution in [0.25, 0.3) is 0 Å². The van der Waals surface area contributed by atoms with Gasteiger partial charge >= 0.3 is 0 Å². The molecule has 0 unspecified atom stereocenters. The molecule has 0 fully saturated rings. The van der Waals surface area contributed by atoms with Gasteiger partial charge in [0.1, 0.15) is 0 Å². The lowest BCUT2D eigenvalue weighted by molar-refractivity contribution is 0.173. The van der Waals surface area contributed by atoms with Crippen molar-refractivity contribution >= 4 is 17.0 Å². The molecule has 2 rings (SSSR count). The highest BCUT2D eigenvalue weighted by molar-refractivity contribution is 7.09. The van der Waals surface area contributed by atoms with E-state index in [1.165, 1.54) is 10.6 Å². The first-order chi connectivity index (χ1) is 9.24. The number of rotatable bonds is 6. The van der Waals surface area contributed by atoms with Gasteiger partial charge in [0.25, 0.3) is 0 Å². The molecule has 1 aromatic carbocycles. The highest BCUT2D eigenvalue weighted by Crippen LogP contribution is 2.23. The first-order valence-electron chi connectivity index (χ1n) is 6.80. The van der Waals surface area contributed by atoms with Gasteiger partial charge in [-0.15, -0.1) is 11.3 Å². The topological polar surface area (TPSA) is 23.5 Å². The fourth-order valence-corrected chi connectivity index (χ4v) is 2.84. The summed E-state index contributed by atoms with van der Waals surface area (Å²) in [7, 11) is 0. The first kappa shape index (κ1) is 14.1. The minimum Gasteiger partial charge on any atom is -0.388 e. The fraction of sp³-hybridized carbons (Fsp3) is 0.375. The molecule has 0 radical (unpaired) electrons. The van der Waals surface area contributed by atoms with Gasteiger partial charge < -0.3 is 10.0 Å². The van der Waals surface area contributed by atoms with Crippen molar-refractivity contribution in [1.82, 2.24) is 0 Å². The predicted molar refractivity (Wildman–Crippen MR) is 82.7 cm³/mol. The van der Waals surface area contributed by atoms with Gasteiger partial charge in [-0.05, 0) is 42.5 Å². The van der Waals surface area contributed by atoms with Gasteiger partial charge in [0.15, 0.2) is 0 Å². The third-order valence-corrected chi connectivity index (χ3v) is 4.20. The van der Waals surface area contributed by atoms with Crippen LogP contribution >= 0.6 is 11.3 Å². The summed E-state index contributed by atoms with van der Waals surface area (Å²) in [5.74, 6) is 0. The average Bonchev–Trinajstić information content (AvgIpc) is 2.97. The Morgan fingerprint density at radius 3 is 2.42 bits per heavy atom. The van der Waals surface area contributed by atoms with E-state index >= 15 is 0 Å². The van der Waals surface area contributed by atoms with Crippen LogP contribution in [-0.2, 0) is 6.54 Å². The normalized spacial score (nSPS) is 12.4. The maximum atomic E-state index is 9.81. The second-order valence-electron chi connectivity index (χ2n) is 4.61. The summed E-state index contributed by atoms with van der Waals surface area (Å²) < 4.78 is 0. The number of aliphatic hydroxyl groups is 1. The maximum absolute atomic E-state index is 9.81. The van der Waals surface area contributed by atoms with E-state index in [0.29, 0.717) is 0 Å². The minimum atomic E-state index is -0.346. The second-order valence-corrected chi connectivity index (χ2v) is 5.64. The van der Waals surface area contributed by atoms with Crippen molar-refractivity contribution < 1.29 is 5.11 Å². The lowest BCUT2D eigenvalue weighted by atomic mass is 10.1. The van der Waals surface area contributed by atoms with Crippen molar-refractivity contribution in [3.63, 3.8) is 0 Å². The number of thiophene rings is 1. The molecule has 0 amide bonds. The zero-order valence-electron chi connectivity index (χ0n) is 11.5. The fourth-order valence-electron chi connectivity index (χ4n) is 2.12. The summed E-state index contributed by atoms with van der Waals surface area (Å²) in [4.78, 5) is 3.72. The Morgan fingerprint density at radius 2 is 1.89 bits per heavy atom.